The summed E-state index contributed by atoms with van der Waals surface area (Å²) >= 11 is 11.8. The highest BCUT2D eigenvalue weighted by Gasteiger charge is 2.15. The summed E-state index contributed by atoms with van der Waals surface area (Å²) in [4.78, 5) is 24.0. The number of carbonyl (C=O) groups is 2. The molecule has 3 aromatic rings. The van der Waals surface area contributed by atoms with Crippen LogP contribution in [0.5, 0.6) is 11.5 Å². The van der Waals surface area contributed by atoms with Crippen LogP contribution in [0.4, 0.5) is 10.1 Å². The first-order valence-electron chi connectivity index (χ1n) is 9.51. The molecule has 2 amide bonds. The Morgan fingerprint density at radius 3 is 2.58 bits per heavy atom. The Morgan fingerprint density at radius 2 is 1.82 bits per heavy atom. The molecule has 7 nitrogen and oxygen atoms in total. The molecule has 0 aliphatic rings. The van der Waals surface area contributed by atoms with Crippen molar-refractivity contribution in [1.29, 1.82) is 0 Å². The Labute approximate surface area is 199 Å². The number of hydrazone groups is 1. The second kappa shape index (κ2) is 11.3. The van der Waals surface area contributed by atoms with Gasteiger partial charge in [0.1, 0.15) is 12.4 Å². The number of nitrogens with zero attached hydrogens (tertiary/aromatic N) is 1. The predicted octanol–water partition coefficient (Wildman–Crippen LogP) is 4.81. The summed E-state index contributed by atoms with van der Waals surface area (Å²) in [6.45, 7) is 0.0261. The Balaban J connectivity index is 1.59. The van der Waals surface area contributed by atoms with Gasteiger partial charge in [-0.3, -0.25) is 9.59 Å². The molecule has 0 bridgehead atoms. The van der Waals surface area contributed by atoms with Crippen molar-refractivity contribution in [3.63, 3.8) is 0 Å². The molecule has 0 saturated heterocycles. The van der Waals surface area contributed by atoms with E-state index < -0.39 is 11.8 Å². The minimum absolute atomic E-state index is 0.0261. The van der Waals surface area contributed by atoms with Crippen LogP contribution in [-0.2, 0) is 16.2 Å². The zero-order valence-electron chi connectivity index (χ0n) is 17.3. The van der Waals surface area contributed by atoms with Gasteiger partial charge in [-0.15, -0.1) is 0 Å². The molecule has 33 heavy (non-hydrogen) atoms. The summed E-state index contributed by atoms with van der Waals surface area (Å²) in [6, 6.07) is 15.6. The second-order valence-corrected chi connectivity index (χ2v) is 7.41. The van der Waals surface area contributed by atoms with E-state index in [-0.39, 0.29) is 23.1 Å². The molecule has 0 aromatic heterocycles. The Bertz CT molecular complexity index is 1200. The summed E-state index contributed by atoms with van der Waals surface area (Å²) in [7, 11) is 1.46. The van der Waals surface area contributed by atoms with Gasteiger partial charge in [0.15, 0.2) is 11.5 Å². The van der Waals surface area contributed by atoms with Crippen molar-refractivity contribution in [2.75, 3.05) is 12.4 Å². The molecule has 0 aliphatic heterocycles. The van der Waals surface area contributed by atoms with Crippen LogP contribution >= 0.6 is 23.2 Å². The van der Waals surface area contributed by atoms with Crippen molar-refractivity contribution in [3.05, 3.63) is 87.7 Å². The molecule has 0 heterocycles. The Kier molecular flexibility index (Phi) is 8.23. The van der Waals surface area contributed by atoms with Crippen molar-refractivity contribution < 1.29 is 23.5 Å². The molecule has 2 N–H and O–H groups in total. The minimum Gasteiger partial charge on any atom is -0.493 e. The molecule has 0 fully saturated rings. The number of hydrogen-bond acceptors (Lipinski definition) is 5. The van der Waals surface area contributed by atoms with Crippen molar-refractivity contribution in [1.82, 2.24) is 5.43 Å². The van der Waals surface area contributed by atoms with Crippen LogP contribution in [0, 0.1) is 5.82 Å². The van der Waals surface area contributed by atoms with Crippen LogP contribution < -0.4 is 20.2 Å². The van der Waals surface area contributed by atoms with Crippen LogP contribution in [0.15, 0.2) is 65.8 Å². The second-order valence-electron chi connectivity index (χ2n) is 6.57. The number of carbonyl (C=O) groups excluding carboxylic acids is 2. The number of methoxy groups -OCH3 is 1. The molecule has 0 aliphatic carbocycles. The largest absolute Gasteiger partial charge is 0.493 e. The maximum Gasteiger partial charge on any atom is 0.329 e. The Morgan fingerprint density at radius 1 is 1.03 bits per heavy atom. The molecule has 0 atom stereocenters. The predicted molar refractivity (Wildman–Crippen MR) is 125 cm³/mol. The van der Waals surface area contributed by atoms with E-state index in [0.717, 1.165) is 0 Å². The summed E-state index contributed by atoms with van der Waals surface area (Å²) in [6.07, 6.45) is 1.32. The van der Waals surface area contributed by atoms with Gasteiger partial charge in [-0.2, -0.15) is 5.10 Å². The molecule has 0 spiro atoms. The average Bonchev–Trinajstić information content (AvgIpc) is 2.81. The molecule has 0 radical (unpaired) electrons. The zero-order chi connectivity index (χ0) is 23.8. The maximum absolute atomic E-state index is 13.8. The first-order valence-corrected chi connectivity index (χ1v) is 10.3. The summed E-state index contributed by atoms with van der Waals surface area (Å²) < 4.78 is 24.7. The number of amides is 2. The average molecular weight is 490 g/mol. The van der Waals surface area contributed by atoms with E-state index >= 15 is 0 Å². The number of halogens is 3. The maximum atomic E-state index is 13.8. The Hall–Kier alpha value is -3.62. The quantitative estimate of drug-likeness (QED) is 0.283. The zero-order valence-corrected chi connectivity index (χ0v) is 18.8. The number of nitrogens with one attached hydrogen (secondary N) is 2. The molecular weight excluding hydrogens is 472 g/mol. The normalized spacial score (nSPS) is 10.7. The first kappa shape index (κ1) is 24.0. The lowest BCUT2D eigenvalue weighted by molar-refractivity contribution is -0.136. The van der Waals surface area contributed by atoms with Gasteiger partial charge in [0, 0.05) is 10.6 Å². The first-order chi connectivity index (χ1) is 15.9. The van der Waals surface area contributed by atoms with Gasteiger partial charge < -0.3 is 14.8 Å². The van der Waals surface area contributed by atoms with Crippen molar-refractivity contribution in [2.45, 2.75) is 6.61 Å². The molecule has 3 rings (SSSR count). The highest BCUT2D eigenvalue weighted by Crippen LogP contribution is 2.29. The van der Waals surface area contributed by atoms with Gasteiger partial charge in [-0.25, -0.2) is 9.82 Å². The number of ether oxygens (including phenoxy) is 2. The van der Waals surface area contributed by atoms with Crippen LogP contribution in [0.1, 0.15) is 11.1 Å². The van der Waals surface area contributed by atoms with Gasteiger partial charge in [0.2, 0.25) is 0 Å². The SMILES string of the molecule is COc1cc(/C=N/NC(=O)C(=O)Nc2cc(Cl)ccc2Cl)ccc1OCc1ccccc1F. The monoisotopic (exact) mass is 489 g/mol. The van der Waals surface area contributed by atoms with Crippen LogP contribution in [0.2, 0.25) is 10.0 Å². The van der Waals surface area contributed by atoms with E-state index in [4.69, 9.17) is 32.7 Å². The lowest BCUT2D eigenvalue weighted by Crippen LogP contribution is -2.32. The third-order valence-corrected chi connectivity index (χ3v) is 4.86. The highest BCUT2D eigenvalue weighted by molar-refractivity contribution is 6.42. The highest BCUT2D eigenvalue weighted by atomic mass is 35.5. The van der Waals surface area contributed by atoms with Crippen molar-refractivity contribution >= 4 is 46.9 Å². The molecule has 170 valence electrons. The van der Waals surface area contributed by atoms with Crippen LogP contribution in [-0.4, -0.2) is 25.1 Å². The molecular formula is C23H18Cl2FN3O4. The summed E-state index contributed by atoms with van der Waals surface area (Å²) in [5.74, 6) is -1.54. The third kappa shape index (κ3) is 6.68. The van der Waals surface area contributed by atoms with Gasteiger partial charge >= 0.3 is 11.8 Å². The van der Waals surface area contributed by atoms with E-state index in [2.05, 4.69) is 15.8 Å². The molecule has 0 saturated carbocycles. The topological polar surface area (TPSA) is 89.0 Å². The minimum atomic E-state index is -1.00. The van der Waals surface area contributed by atoms with E-state index in [9.17, 15) is 14.0 Å². The number of hydrogen-bond donors (Lipinski definition) is 2. The lowest BCUT2D eigenvalue weighted by Gasteiger charge is -2.11. The third-order valence-electron chi connectivity index (χ3n) is 4.29. The van der Waals surface area contributed by atoms with Crippen molar-refractivity contribution in [2.24, 2.45) is 5.10 Å². The molecule has 0 unspecified atom stereocenters. The molecule has 10 heteroatoms. The fraction of sp³-hybridized carbons (Fsp3) is 0.0870. The number of anilines is 1. The molecule has 3 aromatic carbocycles. The van der Waals surface area contributed by atoms with E-state index in [0.29, 0.717) is 27.6 Å². The van der Waals surface area contributed by atoms with E-state index in [1.54, 1.807) is 42.5 Å². The van der Waals surface area contributed by atoms with Crippen LogP contribution in [0.3, 0.4) is 0 Å². The van der Waals surface area contributed by atoms with E-state index in [1.807, 2.05) is 0 Å². The lowest BCUT2D eigenvalue weighted by atomic mass is 10.2. The van der Waals surface area contributed by atoms with Gasteiger partial charge in [-0.1, -0.05) is 41.4 Å². The van der Waals surface area contributed by atoms with Gasteiger partial charge in [0.25, 0.3) is 0 Å². The summed E-state index contributed by atoms with van der Waals surface area (Å²) in [5.41, 5.74) is 3.28. The number of rotatable bonds is 7. The smallest absolute Gasteiger partial charge is 0.329 e. The fourth-order valence-corrected chi connectivity index (χ4v) is 2.98. The van der Waals surface area contributed by atoms with Crippen molar-refractivity contribution in [3.8, 4) is 11.5 Å². The van der Waals surface area contributed by atoms with E-state index in [1.165, 1.54) is 31.5 Å². The fourth-order valence-electron chi connectivity index (χ4n) is 2.64. The van der Waals surface area contributed by atoms with Gasteiger partial charge in [0.05, 0.1) is 24.0 Å². The number of benzene rings is 3. The standard InChI is InChI=1S/C23H18Cl2FN3O4/c1-32-21-10-14(6-9-20(21)33-13-15-4-2-3-5-18(15)26)12-27-29-23(31)22(30)28-19-11-16(24)7-8-17(19)25/h2-12H,13H2,1H3,(H,28,30)(H,29,31)/b27-12+. The van der Waals surface area contributed by atoms with Gasteiger partial charge in [-0.05, 0) is 48.0 Å². The summed E-state index contributed by atoms with van der Waals surface area (Å²) in [5, 5.41) is 6.70. The van der Waals surface area contributed by atoms with Crippen LogP contribution in [0.25, 0.3) is 0 Å².